The number of hydrogen-bond donors (Lipinski definition) is 2. The molecule has 0 bridgehead atoms. The fraction of sp³-hybridized carbons (Fsp3) is 0.235. The number of hydrogen-bond acceptors (Lipinski definition) is 4. The van der Waals surface area contributed by atoms with E-state index >= 15 is 0 Å². The molecule has 3 nitrogen and oxygen atoms in total. The van der Waals surface area contributed by atoms with Crippen LogP contribution >= 0.6 is 11.3 Å². The molecule has 0 unspecified atom stereocenters. The molecular formula is C17H16N2OS. The van der Waals surface area contributed by atoms with Crippen molar-refractivity contribution in [1.29, 1.82) is 0 Å². The Bertz CT molecular complexity index is 783. The Hall–Kier alpha value is -1.75. The van der Waals surface area contributed by atoms with Gasteiger partial charge in [-0.05, 0) is 34.2 Å². The molecule has 1 aliphatic rings. The lowest BCUT2D eigenvalue weighted by Gasteiger charge is -2.18. The summed E-state index contributed by atoms with van der Waals surface area (Å²) in [5.74, 6) is 0. The van der Waals surface area contributed by atoms with Crippen LogP contribution in [0, 0.1) is 0 Å². The Morgan fingerprint density at radius 1 is 1.29 bits per heavy atom. The van der Waals surface area contributed by atoms with Gasteiger partial charge in [0.1, 0.15) is 0 Å². The Morgan fingerprint density at radius 3 is 3.14 bits per heavy atom. The zero-order valence-electron chi connectivity index (χ0n) is 11.5. The quantitative estimate of drug-likeness (QED) is 0.781. The van der Waals surface area contributed by atoms with Crippen molar-refractivity contribution >= 4 is 21.6 Å². The largest absolute Gasteiger partial charge is 0.391 e. The van der Waals surface area contributed by atoms with E-state index in [2.05, 4.69) is 33.9 Å². The molecule has 0 saturated heterocycles. The number of aliphatic hydroxyl groups is 1. The fourth-order valence-electron chi connectivity index (χ4n) is 3.03. The molecule has 0 radical (unpaired) electrons. The van der Waals surface area contributed by atoms with Crippen molar-refractivity contribution < 1.29 is 5.11 Å². The van der Waals surface area contributed by atoms with Crippen LogP contribution in [0.15, 0.2) is 48.0 Å². The van der Waals surface area contributed by atoms with Gasteiger partial charge < -0.3 is 10.4 Å². The first-order chi connectivity index (χ1) is 10.3. The molecule has 106 valence electrons. The predicted octanol–water partition coefficient (Wildman–Crippen LogP) is 3.04. The van der Waals surface area contributed by atoms with E-state index in [1.54, 1.807) is 11.3 Å². The fourth-order valence-corrected chi connectivity index (χ4v) is 3.84. The highest BCUT2D eigenvalue weighted by molar-refractivity contribution is 7.17. The van der Waals surface area contributed by atoms with E-state index < -0.39 is 0 Å². The van der Waals surface area contributed by atoms with Gasteiger partial charge >= 0.3 is 0 Å². The second-order valence-corrected chi connectivity index (χ2v) is 6.42. The second kappa shape index (κ2) is 5.22. The van der Waals surface area contributed by atoms with Gasteiger partial charge in [0.2, 0.25) is 0 Å². The summed E-state index contributed by atoms with van der Waals surface area (Å²) in [5, 5.41) is 15.8. The van der Waals surface area contributed by atoms with Crippen LogP contribution < -0.4 is 5.32 Å². The maximum Gasteiger partial charge on any atom is 0.0809 e. The van der Waals surface area contributed by atoms with Crippen LogP contribution in [0.2, 0.25) is 0 Å². The van der Waals surface area contributed by atoms with Crippen molar-refractivity contribution in [2.75, 3.05) is 0 Å². The molecule has 0 fully saturated rings. The third-order valence-corrected chi connectivity index (χ3v) is 4.94. The minimum atomic E-state index is -0.346. The number of fused-ring (bicyclic) bond motifs is 2. The number of aliphatic hydroxyl groups excluding tert-OH is 1. The van der Waals surface area contributed by atoms with Crippen LogP contribution in [-0.4, -0.2) is 16.2 Å². The zero-order valence-corrected chi connectivity index (χ0v) is 12.3. The van der Waals surface area contributed by atoms with Crippen molar-refractivity contribution in [3.8, 4) is 0 Å². The SMILES string of the molecule is O[C@H]1Cc2ccccc2[C@H]1NCc1cnc2ccsc2c1. The molecule has 4 rings (SSSR count). The lowest BCUT2D eigenvalue weighted by atomic mass is 10.1. The van der Waals surface area contributed by atoms with Gasteiger partial charge in [0.25, 0.3) is 0 Å². The van der Waals surface area contributed by atoms with Gasteiger partial charge in [-0.1, -0.05) is 24.3 Å². The molecule has 2 atom stereocenters. The molecule has 0 amide bonds. The molecule has 4 heteroatoms. The van der Waals surface area contributed by atoms with Gasteiger partial charge in [0.15, 0.2) is 0 Å². The van der Waals surface area contributed by atoms with Gasteiger partial charge in [-0.15, -0.1) is 11.3 Å². The maximum atomic E-state index is 10.3. The normalized spacial score (nSPS) is 20.8. The summed E-state index contributed by atoms with van der Waals surface area (Å²) in [6.07, 6.45) is 2.30. The number of rotatable bonds is 3. The lowest BCUT2D eigenvalue weighted by Crippen LogP contribution is -2.28. The Morgan fingerprint density at radius 2 is 2.19 bits per heavy atom. The number of nitrogens with zero attached hydrogens (tertiary/aromatic N) is 1. The van der Waals surface area contributed by atoms with Crippen LogP contribution in [0.25, 0.3) is 10.2 Å². The van der Waals surface area contributed by atoms with E-state index in [0.717, 1.165) is 24.0 Å². The highest BCUT2D eigenvalue weighted by Crippen LogP contribution is 2.31. The Balaban J connectivity index is 1.54. The summed E-state index contributed by atoms with van der Waals surface area (Å²) in [7, 11) is 0. The van der Waals surface area contributed by atoms with Gasteiger partial charge in [-0.25, -0.2) is 0 Å². The first kappa shape index (κ1) is 13.0. The summed E-state index contributed by atoms with van der Waals surface area (Å²) in [5.41, 5.74) is 4.67. The van der Waals surface area contributed by atoms with Gasteiger partial charge in [-0.3, -0.25) is 4.98 Å². The summed E-state index contributed by atoms with van der Waals surface area (Å²) < 4.78 is 1.21. The average molecular weight is 296 g/mol. The molecule has 1 aliphatic carbocycles. The molecule has 2 heterocycles. The molecule has 3 aromatic rings. The second-order valence-electron chi connectivity index (χ2n) is 5.48. The number of benzene rings is 1. The van der Waals surface area contributed by atoms with Crippen molar-refractivity contribution in [1.82, 2.24) is 10.3 Å². The first-order valence-corrected chi connectivity index (χ1v) is 8.00. The Labute approximate surface area is 127 Å². The van der Waals surface area contributed by atoms with Crippen molar-refractivity contribution in [3.63, 3.8) is 0 Å². The maximum absolute atomic E-state index is 10.3. The van der Waals surface area contributed by atoms with E-state index in [4.69, 9.17) is 0 Å². The highest BCUT2D eigenvalue weighted by Gasteiger charge is 2.30. The summed E-state index contributed by atoms with van der Waals surface area (Å²) in [6, 6.07) is 12.5. The molecule has 21 heavy (non-hydrogen) atoms. The molecule has 0 aliphatic heterocycles. The van der Waals surface area contributed by atoms with E-state index in [0.29, 0.717) is 0 Å². The highest BCUT2D eigenvalue weighted by atomic mass is 32.1. The monoisotopic (exact) mass is 296 g/mol. The van der Waals surface area contributed by atoms with Crippen LogP contribution in [0.3, 0.4) is 0 Å². The molecular weight excluding hydrogens is 280 g/mol. The standard InChI is InChI=1S/C17H16N2OS/c20-15-8-12-3-1-2-4-13(12)17(15)19-10-11-7-16-14(18-9-11)5-6-21-16/h1-7,9,15,17,19-20H,8,10H2/t15-,17+/m0/s1. The van der Waals surface area contributed by atoms with Crippen LogP contribution in [0.1, 0.15) is 22.7 Å². The minimum absolute atomic E-state index is 0.0141. The summed E-state index contributed by atoms with van der Waals surface area (Å²) in [6.45, 7) is 0.719. The molecule has 0 saturated carbocycles. The van der Waals surface area contributed by atoms with Gasteiger partial charge in [0.05, 0.1) is 22.4 Å². The van der Waals surface area contributed by atoms with Crippen molar-refractivity contribution in [2.24, 2.45) is 0 Å². The molecule has 1 aromatic carbocycles. The first-order valence-electron chi connectivity index (χ1n) is 7.12. The third kappa shape index (κ3) is 2.35. The van der Waals surface area contributed by atoms with Crippen molar-refractivity contribution in [2.45, 2.75) is 25.1 Å². The third-order valence-electron chi connectivity index (χ3n) is 4.09. The van der Waals surface area contributed by atoms with E-state index in [-0.39, 0.29) is 12.1 Å². The minimum Gasteiger partial charge on any atom is -0.391 e. The lowest BCUT2D eigenvalue weighted by molar-refractivity contribution is 0.140. The molecule has 2 N–H and O–H groups in total. The van der Waals surface area contributed by atoms with Gasteiger partial charge in [0, 0.05) is 19.2 Å². The van der Waals surface area contributed by atoms with Crippen LogP contribution in [0.5, 0.6) is 0 Å². The van der Waals surface area contributed by atoms with E-state index in [1.807, 2.05) is 24.4 Å². The van der Waals surface area contributed by atoms with Crippen LogP contribution in [0.4, 0.5) is 0 Å². The van der Waals surface area contributed by atoms with Crippen molar-refractivity contribution in [3.05, 3.63) is 64.7 Å². The molecule has 0 spiro atoms. The van der Waals surface area contributed by atoms with E-state index in [9.17, 15) is 5.11 Å². The van der Waals surface area contributed by atoms with E-state index in [1.165, 1.54) is 15.8 Å². The number of aromatic nitrogens is 1. The zero-order chi connectivity index (χ0) is 14.2. The smallest absolute Gasteiger partial charge is 0.0809 e. The Kier molecular flexibility index (Phi) is 3.22. The predicted molar refractivity (Wildman–Crippen MR) is 85.4 cm³/mol. The number of nitrogens with one attached hydrogen (secondary N) is 1. The van der Waals surface area contributed by atoms with Crippen LogP contribution in [-0.2, 0) is 13.0 Å². The van der Waals surface area contributed by atoms with Gasteiger partial charge in [-0.2, -0.15) is 0 Å². The topological polar surface area (TPSA) is 45.1 Å². The molecule has 2 aromatic heterocycles. The number of pyridine rings is 1. The average Bonchev–Trinajstić information content (AvgIpc) is 3.08. The number of thiophene rings is 1. The summed E-state index contributed by atoms with van der Waals surface area (Å²) in [4.78, 5) is 4.46. The summed E-state index contributed by atoms with van der Waals surface area (Å²) >= 11 is 1.71.